The lowest BCUT2D eigenvalue weighted by atomic mass is 10.1. The third-order valence-electron chi connectivity index (χ3n) is 6.11. The van der Waals surface area contributed by atoms with Gasteiger partial charge in [-0.05, 0) is 43.5 Å². The van der Waals surface area contributed by atoms with Gasteiger partial charge in [0.05, 0.1) is 16.2 Å². The summed E-state index contributed by atoms with van der Waals surface area (Å²) in [6, 6.07) is 21.1. The zero-order chi connectivity index (χ0) is 25.1. The molecule has 8 heteroatoms. The Morgan fingerprint density at radius 2 is 1.81 bits per heavy atom. The van der Waals surface area contributed by atoms with Crippen LogP contribution in [-0.4, -0.2) is 27.5 Å². The highest BCUT2D eigenvalue weighted by molar-refractivity contribution is 8.00. The molecule has 0 unspecified atom stereocenters. The van der Waals surface area contributed by atoms with Crippen molar-refractivity contribution in [1.82, 2.24) is 9.55 Å². The molecule has 0 spiro atoms. The second-order valence-electron chi connectivity index (χ2n) is 8.68. The summed E-state index contributed by atoms with van der Waals surface area (Å²) < 4.78 is 12.6. The van der Waals surface area contributed by atoms with Crippen LogP contribution in [0.5, 0.6) is 11.5 Å². The maximum absolute atomic E-state index is 13.6. The first-order valence-corrected chi connectivity index (χ1v) is 12.8. The van der Waals surface area contributed by atoms with Gasteiger partial charge in [0.15, 0.2) is 16.7 Å². The van der Waals surface area contributed by atoms with Crippen molar-refractivity contribution in [2.45, 2.75) is 43.6 Å². The highest BCUT2D eigenvalue weighted by Gasteiger charge is 2.24. The number of rotatable bonds is 8. The van der Waals surface area contributed by atoms with E-state index in [2.05, 4.69) is 5.32 Å². The summed E-state index contributed by atoms with van der Waals surface area (Å²) in [6.45, 7) is 4.52. The molecule has 1 N–H and O–H groups in total. The SMILES string of the molecule is CC[C@H](Sc1nc2cc3c(cc2c(=O)n1CCc1ccccc1)OCO3)C(=O)Nc1ccc(C)cc1. The molecule has 0 fully saturated rings. The lowest BCUT2D eigenvalue weighted by molar-refractivity contribution is -0.115. The van der Waals surface area contributed by atoms with E-state index in [9.17, 15) is 9.59 Å². The Kier molecular flexibility index (Phi) is 6.95. The molecule has 7 nitrogen and oxygen atoms in total. The monoisotopic (exact) mass is 501 g/mol. The quantitative estimate of drug-likeness (QED) is 0.264. The highest BCUT2D eigenvalue weighted by Crippen LogP contribution is 2.35. The van der Waals surface area contributed by atoms with E-state index in [0.717, 1.165) is 16.8 Å². The fraction of sp³-hybridized carbons (Fsp3) is 0.250. The molecule has 1 aliphatic heterocycles. The van der Waals surface area contributed by atoms with Crippen molar-refractivity contribution in [3.63, 3.8) is 0 Å². The van der Waals surface area contributed by atoms with Gasteiger partial charge in [-0.3, -0.25) is 14.2 Å². The van der Waals surface area contributed by atoms with Crippen LogP contribution in [0.15, 0.2) is 76.7 Å². The van der Waals surface area contributed by atoms with Crippen LogP contribution >= 0.6 is 11.8 Å². The van der Waals surface area contributed by atoms with Crippen molar-refractivity contribution in [3.05, 3.63) is 88.2 Å². The highest BCUT2D eigenvalue weighted by atomic mass is 32.2. The molecule has 5 rings (SSSR count). The van der Waals surface area contributed by atoms with E-state index in [1.807, 2.05) is 68.4 Å². The predicted octanol–water partition coefficient (Wildman–Crippen LogP) is 5.19. The summed E-state index contributed by atoms with van der Waals surface area (Å²) in [4.78, 5) is 31.6. The minimum Gasteiger partial charge on any atom is -0.454 e. The number of hydrogen-bond acceptors (Lipinski definition) is 6. The molecule has 0 bridgehead atoms. The van der Waals surface area contributed by atoms with Crippen molar-refractivity contribution in [2.75, 3.05) is 12.1 Å². The molecular weight excluding hydrogens is 474 g/mol. The molecule has 3 aromatic carbocycles. The Bertz CT molecular complexity index is 1450. The van der Waals surface area contributed by atoms with E-state index in [1.165, 1.54) is 11.8 Å². The summed E-state index contributed by atoms with van der Waals surface area (Å²) in [5.41, 5.74) is 3.35. The predicted molar refractivity (Wildman–Crippen MR) is 142 cm³/mol. The number of benzene rings is 3. The van der Waals surface area contributed by atoms with Gasteiger partial charge in [-0.15, -0.1) is 0 Å². The smallest absolute Gasteiger partial charge is 0.262 e. The first-order valence-electron chi connectivity index (χ1n) is 11.9. The maximum atomic E-state index is 13.6. The average Bonchev–Trinajstić information content (AvgIpc) is 3.35. The van der Waals surface area contributed by atoms with E-state index < -0.39 is 5.25 Å². The van der Waals surface area contributed by atoms with E-state index in [0.29, 0.717) is 46.9 Å². The van der Waals surface area contributed by atoms with Crippen LogP contribution in [-0.2, 0) is 17.8 Å². The minimum absolute atomic E-state index is 0.118. The van der Waals surface area contributed by atoms with Gasteiger partial charge in [-0.2, -0.15) is 0 Å². The summed E-state index contributed by atoms with van der Waals surface area (Å²) in [5.74, 6) is 0.984. The van der Waals surface area contributed by atoms with Crippen LogP contribution in [0.25, 0.3) is 10.9 Å². The fourth-order valence-corrected chi connectivity index (χ4v) is 5.11. The number of nitrogens with zero attached hydrogens (tertiary/aromatic N) is 2. The zero-order valence-corrected chi connectivity index (χ0v) is 21.0. The molecule has 36 heavy (non-hydrogen) atoms. The van der Waals surface area contributed by atoms with E-state index in [1.54, 1.807) is 16.7 Å². The van der Waals surface area contributed by atoms with Crippen molar-refractivity contribution >= 4 is 34.3 Å². The van der Waals surface area contributed by atoms with Gasteiger partial charge in [-0.1, -0.05) is 66.7 Å². The number of fused-ring (bicyclic) bond motifs is 2. The van der Waals surface area contributed by atoms with Gasteiger partial charge < -0.3 is 14.8 Å². The number of carbonyl (C=O) groups excluding carboxylic acids is 1. The molecular formula is C28H27N3O4S. The normalized spacial score (nSPS) is 13.1. The first kappa shape index (κ1) is 23.9. The van der Waals surface area contributed by atoms with Crippen LogP contribution in [0, 0.1) is 6.92 Å². The average molecular weight is 502 g/mol. The summed E-state index contributed by atoms with van der Waals surface area (Å²) >= 11 is 1.31. The van der Waals surface area contributed by atoms with Gasteiger partial charge >= 0.3 is 0 Å². The van der Waals surface area contributed by atoms with Gasteiger partial charge in [0.2, 0.25) is 12.7 Å². The molecule has 0 aliphatic carbocycles. The Balaban J connectivity index is 1.49. The fourth-order valence-electron chi connectivity index (χ4n) is 4.07. The second-order valence-corrected chi connectivity index (χ2v) is 9.85. The molecule has 184 valence electrons. The zero-order valence-electron chi connectivity index (χ0n) is 20.2. The molecule has 0 radical (unpaired) electrons. The standard InChI is InChI=1S/C28H27N3O4S/c1-3-25(26(32)29-20-11-9-18(2)10-12-20)36-28-30-22-16-24-23(34-17-35-24)15-21(22)27(33)31(28)14-13-19-7-5-4-6-8-19/h4-12,15-16,25H,3,13-14,17H2,1-2H3,(H,29,32)/t25-/m0/s1. The minimum atomic E-state index is -0.423. The van der Waals surface area contributed by atoms with E-state index in [4.69, 9.17) is 14.5 Å². The number of carbonyl (C=O) groups is 1. The van der Waals surface area contributed by atoms with Crippen molar-refractivity contribution in [3.8, 4) is 11.5 Å². The molecule has 2 heterocycles. The van der Waals surface area contributed by atoms with Crippen LogP contribution in [0.4, 0.5) is 5.69 Å². The van der Waals surface area contributed by atoms with Crippen molar-refractivity contribution in [2.24, 2.45) is 0 Å². The van der Waals surface area contributed by atoms with Gasteiger partial charge in [0.25, 0.3) is 5.56 Å². The van der Waals surface area contributed by atoms with E-state index >= 15 is 0 Å². The number of thioether (sulfide) groups is 1. The Morgan fingerprint density at radius 1 is 1.08 bits per heavy atom. The molecule has 4 aromatic rings. The number of aryl methyl sites for hydroxylation is 2. The van der Waals surface area contributed by atoms with Gasteiger partial charge in [-0.25, -0.2) is 4.98 Å². The van der Waals surface area contributed by atoms with Crippen LogP contribution in [0.3, 0.4) is 0 Å². The summed E-state index contributed by atoms with van der Waals surface area (Å²) in [6.07, 6.45) is 1.24. The third kappa shape index (κ3) is 5.09. The second kappa shape index (κ2) is 10.5. The van der Waals surface area contributed by atoms with Crippen molar-refractivity contribution < 1.29 is 14.3 Å². The summed E-state index contributed by atoms with van der Waals surface area (Å²) in [7, 11) is 0. The number of anilines is 1. The Hall–Kier alpha value is -3.78. The Labute approximate surface area is 213 Å². The molecule has 1 atom stereocenters. The van der Waals surface area contributed by atoms with Crippen LogP contribution < -0.4 is 20.3 Å². The van der Waals surface area contributed by atoms with Crippen LogP contribution in [0.2, 0.25) is 0 Å². The molecule has 1 aliphatic rings. The lowest BCUT2D eigenvalue weighted by Crippen LogP contribution is -2.28. The summed E-state index contributed by atoms with van der Waals surface area (Å²) in [5, 5.41) is 3.54. The molecule has 0 saturated carbocycles. The number of amides is 1. The number of nitrogens with one attached hydrogen (secondary N) is 1. The topological polar surface area (TPSA) is 82.5 Å². The van der Waals surface area contributed by atoms with Crippen LogP contribution in [0.1, 0.15) is 24.5 Å². The lowest BCUT2D eigenvalue weighted by Gasteiger charge is -2.18. The molecule has 0 saturated heterocycles. The number of ether oxygens (including phenoxy) is 2. The maximum Gasteiger partial charge on any atom is 0.262 e. The van der Waals surface area contributed by atoms with Gasteiger partial charge in [0.1, 0.15) is 0 Å². The van der Waals surface area contributed by atoms with Crippen molar-refractivity contribution in [1.29, 1.82) is 0 Å². The first-order chi connectivity index (χ1) is 17.5. The van der Waals surface area contributed by atoms with E-state index in [-0.39, 0.29) is 18.3 Å². The number of hydrogen-bond donors (Lipinski definition) is 1. The largest absolute Gasteiger partial charge is 0.454 e. The van der Waals surface area contributed by atoms with Gasteiger partial charge in [0, 0.05) is 18.3 Å². The number of aromatic nitrogens is 2. The molecule has 1 aromatic heterocycles. The Morgan fingerprint density at radius 3 is 2.53 bits per heavy atom. The third-order valence-corrected chi connectivity index (χ3v) is 7.46. The molecule has 1 amide bonds.